The Balaban J connectivity index is 1.74. The predicted molar refractivity (Wildman–Crippen MR) is 132 cm³/mol. The van der Waals surface area contributed by atoms with Crippen LogP contribution in [0.25, 0.3) is 16.9 Å². The van der Waals surface area contributed by atoms with Crippen LogP contribution in [0, 0.1) is 6.92 Å². The van der Waals surface area contributed by atoms with E-state index >= 15 is 0 Å². The van der Waals surface area contributed by atoms with Crippen molar-refractivity contribution < 1.29 is 14.3 Å². The molecule has 168 valence electrons. The van der Waals surface area contributed by atoms with Crippen molar-refractivity contribution in [2.75, 3.05) is 14.2 Å². The Morgan fingerprint density at radius 2 is 1.55 bits per heavy atom. The minimum atomic E-state index is 0.430. The summed E-state index contributed by atoms with van der Waals surface area (Å²) in [4.78, 5) is 5.66. The molecule has 0 aliphatic heterocycles. The van der Waals surface area contributed by atoms with Crippen molar-refractivity contribution in [3.63, 3.8) is 0 Å². The van der Waals surface area contributed by atoms with Gasteiger partial charge in [0.1, 0.15) is 18.1 Å². The van der Waals surface area contributed by atoms with E-state index in [0.717, 1.165) is 51.0 Å². The Kier molecular flexibility index (Phi) is 6.79. The van der Waals surface area contributed by atoms with Gasteiger partial charge in [-0.1, -0.05) is 47.6 Å². The standard InChI is InChI=1S/C28H28N2O3/c1-20(29-33-19-22-9-6-5-7-10-22)27-18-28(23-11-8-12-26(17-23)32-4)30(21(27)2)24-13-15-25(31-3)16-14-24/h5-18H,19H2,1-4H3/b29-20-. The molecule has 0 N–H and O–H groups in total. The Morgan fingerprint density at radius 1 is 0.818 bits per heavy atom. The molecule has 5 nitrogen and oxygen atoms in total. The number of hydrogen-bond acceptors (Lipinski definition) is 4. The van der Waals surface area contributed by atoms with Crippen molar-refractivity contribution >= 4 is 5.71 Å². The first kappa shape index (κ1) is 22.2. The highest BCUT2D eigenvalue weighted by Crippen LogP contribution is 2.32. The van der Waals surface area contributed by atoms with Crippen LogP contribution in [0.2, 0.25) is 0 Å². The van der Waals surface area contributed by atoms with Gasteiger partial charge in [-0.15, -0.1) is 0 Å². The van der Waals surface area contributed by atoms with Crippen molar-refractivity contribution in [1.29, 1.82) is 0 Å². The summed E-state index contributed by atoms with van der Waals surface area (Å²) in [7, 11) is 3.35. The van der Waals surface area contributed by atoms with Crippen molar-refractivity contribution in [3.05, 3.63) is 102 Å². The van der Waals surface area contributed by atoms with E-state index in [1.807, 2.05) is 67.6 Å². The Morgan fingerprint density at radius 3 is 2.24 bits per heavy atom. The number of nitrogens with zero attached hydrogens (tertiary/aromatic N) is 2. The molecule has 0 radical (unpaired) electrons. The topological polar surface area (TPSA) is 45.0 Å². The van der Waals surface area contributed by atoms with Crippen LogP contribution in [0.1, 0.15) is 23.7 Å². The Hall–Kier alpha value is -3.99. The molecule has 0 saturated carbocycles. The number of oxime groups is 1. The fraction of sp³-hybridized carbons (Fsp3) is 0.179. The molecular weight excluding hydrogens is 412 g/mol. The maximum Gasteiger partial charge on any atom is 0.142 e. The average molecular weight is 441 g/mol. The molecule has 0 fully saturated rings. The van der Waals surface area contributed by atoms with Gasteiger partial charge in [0.25, 0.3) is 0 Å². The molecule has 33 heavy (non-hydrogen) atoms. The quantitative estimate of drug-likeness (QED) is 0.235. The Bertz CT molecular complexity index is 1240. The zero-order chi connectivity index (χ0) is 23.2. The van der Waals surface area contributed by atoms with Gasteiger partial charge in [0.2, 0.25) is 0 Å². The molecule has 0 aliphatic rings. The normalized spacial score (nSPS) is 11.3. The van der Waals surface area contributed by atoms with Crippen molar-refractivity contribution in [3.8, 4) is 28.4 Å². The lowest BCUT2D eigenvalue weighted by Crippen LogP contribution is -2.02. The lowest BCUT2D eigenvalue weighted by atomic mass is 10.1. The smallest absolute Gasteiger partial charge is 0.142 e. The number of aromatic nitrogens is 1. The van der Waals surface area contributed by atoms with Gasteiger partial charge >= 0.3 is 0 Å². The first-order valence-corrected chi connectivity index (χ1v) is 10.8. The van der Waals surface area contributed by atoms with E-state index < -0.39 is 0 Å². The summed E-state index contributed by atoms with van der Waals surface area (Å²) < 4.78 is 13.0. The van der Waals surface area contributed by atoms with Gasteiger partial charge in [-0.25, -0.2) is 0 Å². The highest BCUT2D eigenvalue weighted by molar-refractivity contribution is 6.01. The Labute approximate surface area is 194 Å². The molecule has 0 spiro atoms. The van der Waals surface area contributed by atoms with Crippen LogP contribution in [0.3, 0.4) is 0 Å². The van der Waals surface area contributed by atoms with Gasteiger partial charge in [-0.05, 0) is 61.9 Å². The largest absolute Gasteiger partial charge is 0.497 e. The molecule has 0 amide bonds. The minimum Gasteiger partial charge on any atom is -0.497 e. The molecule has 1 heterocycles. The highest BCUT2D eigenvalue weighted by atomic mass is 16.6. The van der Waals surface area contributed by atoms with E-state index in [2.05, 4.69) is 40.9 Å². The second kappa shape index (κ2) is 10.1. The lowest BCUT2D eigenvalue weighted by Gasteiger charge is -2.13. The molecule has 5 heteroatoms. The monoisotopic (exact) mass is 440 g/mol. The van der Waals surface area contributed by atoms with Crippen molar-refractivity contribution in [2.45, 2.75) is 20.5 Å². The zero-order valence-corrected chi connectivity index (χ0v) is 19.4. The van der Waals surface area contributed by atoms with E-state index in [9.17, 15) is 0 Å². The van der Waals surface area contributed by atoms with Crippen LogP contribution in [0.15, 0.2) is 90.1 Å². The SMILES string of the molecule is COc1ccc(-n2c(-c3cccc(OC)c3)cc(/C(C)=N\OCc3ccccc3)c2C)cc1. The van der Waals surface area contributed by atoms with Crippen molar-refractivity contribution in [1.82, 2.24) is 4.57 Å². The summed E-state index contributed by atoms with van der Waals surface area (Å²) in [6, 6.07) is 28.3. The van der Waals surface area contributed by atoms with Gasteiger partial charge in [-0.3, -0.25) is 0 Å². The molecule has 0 bridgehead atoms. The number of methoxy groups -OCH3 is 2. The van der Waals surface area contributed by atoms with Crippen LogP contribution < -0.4 is 9.47 Å². The van der Waals surface area contributed by atoms with Gasteiger partial charge in [0.05, 0.1) is 25.6 Å². The van der Waals surface area contributed by atoms with Crippen LogP contribution in [0.4, 0.5) is 0 Å². The summed E-state index contributed by atoms with van der Waals surface area (Å²) in [6.45, 7) is 4.50. The van der Waals surface area contributed by atoms with Gasteiger partial charge in [-0.2, -0.15) is 0 Å². The van der Waals surface area contributed by atoms with E-state index in [4.69, 9.17) is 14.3 Å². The zero-order valence-electron chi connectivity index (χ0n) is 19.4. The fourth-order valence-electron chi connectivity index (χ4n) is 3.86. The molecule has 4 rings (SSSR count). The molecule has 0 atom stereocenters. The minimum absolute atomic E-state index is 0.430. The summed E-state index contributed by atoms with van der Waals surface area (Å²) in [5, 5.41) is 4.41. The first-order chi connectivity index (χ1) is 16.1. The molecule has 1 aromatic heterocycles. The van der Waals surface area contributed by atoms with Crippen molar-refractivity contribution in [2.24, 2.45) is 5.16 Å². The number of ether oxygens (including phenoxy) is 2. The molecule has 3 aromatic carbocycles. The lowest BCUT2D eigenvalue weighted by molar-refractivity contribution is 0.130. The first-order valence-electron chi connectivity index (χ1n) is 10.8. The average Bonchev–Trinajstić information content (AvgIpc) is 3.21. The third-order valence-corrected chi connectivity index (χ3v) is 5.61. The summed E-state index contributed by atoms with van der Waals surface area (Å²) in [5.41, 5.74) is 7.13. The summed E-state index contributed by atoms with van der Waals surface area (Å²) in [6.07, 6.45) is 0. The maximum atomic E-state index is 5.66. The number of hydrogen-bond donors (Lipinski definition) is 0. The predicted octanol–water partition coefficient (Wildman–Crippen LogP) is 6.41. The number of rotatable bonds is 8. The second-order valence-corrected chi connectivity index (χ2v) is 7.73. The van der Waals surface area contributed by atoms with Crippen LogP contribution in [0.5, 0.6) is 11.5 Å². The molecule has 0 saturated heterocycles. The van der Waals surface area contributed by atoms with E-state index in [0.29, 0.717) is 6.61 Å². The van der Waals surface area contributed by atoms with Gasteiger partial charge in [0.15, 0.2) is 0 Å². The third-order valence-electron chi connectivity index (χ3n) is 5.61. The summed E-state index contributed by atoms with van der Waals surface area (Å²) in [5.74, 6) is 1.63. The van der Waals surface area contributed by atoms with E-state index in [1.54, 1.807) is 14.2 Å². The summed E-state index contributed by atoms with van der Waals surface area (Å²) >= 11 is 0. The number of benzene rings is 3. The second-order valence-electron chi connectivity index (χ2n) is 7.73. The third kappa shape index (κ3) is 4.93. The van der Waals surface area contributed by atoms with E-state index in [-0.39, 0.29) is 0 Å². The molecule has 4 aromatic rings. The highest BCUT2D eigenvalue weighted by Gasteiger charge is 2.17. The maximum absolute atomic E-state index is 5.66. The van der Waals surface area contributed by atoms with Gasteiger partial charge in [0, 0.05) is 22.5 Å². The molecule has 0 unspecified atom stereocenters. The fourth-order valence-corrected chi connectivity index (χ4v) is 3.86. The van der Waals surface area contributed by atoms with Gasteiger partial charge < -0.3 is 18.9 Å². The molecular formula is C28H28N2O3. The van der Waals surface area contributed by atoms with Crippen LogP contribution >= 0.6 is 0 Å². The van der Waals surface area contributed by atoms with Crippen LogP contribution in [-0.2, 0) is 11.4 Å². The van der Waals surface area contributed by atoms with Crippen LogP contribution in [-0.4, -0.2) is 24.5 Å². The molecule has 0 aliphatic carbocycles. The van der Waals surface area contributed by atoms with E-state index in [1.165, 1.54) is 0 Å².